The van der Waals surface area contributed by atoms with Gasteiger partial charge in [-0.1, -0.05) is 38.3 Å². The van der Waals surface area contributed by atoms with Gasteiger partial charge in [0.2, 0.25) is 0 Å². The molecule has 1 unspecified atom stereocenters. The first kappa shape index (κ1) is 30.1. The molecule has 0 spiro atoms. The van der Waals surface area contributed by atoms with E-state index in [0.29, 0.717) is 42.9 Å². The molecule has 1 aliphatic heterocycles. The van der Waals surface area contributed by atoms with E-state index in [1.165, 1.54) is 0 Å². The molecule has 6 nitrogen and oxygen atoms in total. The van der Waals surface area contributed by atoms with Gasteiger partial charge < -0.3 is 49.5 Å². The number of nitrogens with zero attached hydrogens (tertiary/aromatic N) is 3. The minimum Gasteiger partial charge on any atom is -1.00 e. The third-order valence-corrected chi connectivity index (χ3v) is 4.60. The molecule has 156 valence electrons. The molecule has 1 aliphatic carbocycles. The Kier molecular flexibility index (Phi) is 17.9. The zero-order valence-electron chi connectivity index (χ0n) is 16.6. The predicted molar refractivity (Wildman–Crippen MR) is 97.5 cm³/mol. The molecule has 0 amide bonds. The van der Waals surface area contributed by atoms with Crippen LogP contribution >= 0.6 is 11.6 Å². The topological polar surface area (TPSA) is 67.3 Å². The van der Waals surface area contributed by atoms with E-state index in [9.17, 15) is 5.53 Å². The van der Waals surface area contributed by atoms with E-state index in [1.807, 2.05) is 6.08 Å². The molecular weight excluding hydrogens is 478 g/mol. The Hall–Kier alpha value is -0.127. The maximum atomic E-state index is 9.45. The van der Waals surface area contributed by atoms with Crippen LogP contribution in [0.15, 0.2) is 22.6 Å². The van der Waals surface area contributed by atoms with Crippen LogP contribution in [0.1, 0.15) is 39.5 Å². The normalized spacial score (nSPS) is 19.0. The van der Waals surface area contributed by atoms with Crippen molar-refractivity contribution in [1.82, 2.24) is 4.90 Å². The fraction of sp³-hybridized carbons (Fsp3) is 0.722. The van der Waals surface area contributed by atoms with Gasteiger partial charge in [-0.25, -0.2) is 0 Å². The maximum absolute atomic E-state index is 9.45. The van der Waals surface area contributed by atoms with Gasteiger partial charge in [0.05, 0.1) is 25.5 Å². The SMILES string of the molecule is CCCCOC1=C(Cl)C(=[N+]=[N-])C(OCCCC)C=C1N1CCOCC1.[Cl-].[Cl-].[Zn+2]. The Morgan fingerprint density at radius 3 is 2.36 bits per heavy atom. The Morgan fingerprint density at radius 1 is 1.18 bits per heavy atom. The first-order valence-corrected chi connectivity index (χ1v) is 9.52. The molecule has 0 bridgehead atoms. The molecular formula is C18H28Cl3N3O3Zn. The first-order valence-electron chi connectivity index (χ1n) is 9.14. The fourth-order valence-electron chi connectivity index (χ4n) is 2.74. The number of hydrogen-bond acceptors (Lipinski definition) is 4. The summed E-state index contributed by atoms with van der Waals surface area (Å²) in [6, 6.07) is 0. The number of hydrogen-bond donors (Lipinski definition) is 0. The first-order chi connectivity index (χ1) is 12.2. The van der Waals surface area contributed by atoms with E-state index in [1.54, 1.807) is 0 Å². The van der Waals surface area contributed by atoms with Crippen molar-refractivity contribution < 1.29 is 63.3 Å². The van der Waals surface area contributed by atoms with E-state index < -0.39 is 6.10 Å². The second-order valence-corrected chi connectivity index (χ2v) is 6.50. The number of halogens is 3. The molecule has 0 N–H and O–H groups in total. The van der Waals surface area contributed by atoms with Crippen LogP contribution in [-0.4, -0.2) is 61.0 Å². The van der Waals surface area contributed by atoms with Crippen molar-refractivity contribution in [1.29, 1.82) is 0 Å². The van der Waals surface area contributed by atoms with Gasteiger partial charge in [0.25, 0.3) is 0 Å². The van der Waals surface area contributed by atoms with Crippen molar-refractivity contribution in [2.45, 2.75) is 45.6 Å². The molecule has 0 aromatic rings. The van der Waals surface area contributed by atoms with Crippen LogP contribution in [0, 0.1) is 0 Å². The largest absolute Gasteiger partial charge is 2.00 e. The van der Waals surface area contributed by atoms with Gasteiger partial charge in [-0.05, 0) is 18.9 Å². The Bertz CT molecular complexity index is 564. The molecule has 0 aromatic heterocycles. The Labute approximate surface area is 198 Å². The molecule has 0 aromatic carbocycles. The maximum Gasteiger partial charge on any atom is 2.00 e. The van der Waals surface area contributed by atoms with Crippen molar-refractivity contribution in [3.05, 3.63) is 28.1 Å². The molecule has 10 heteroatoms. The molecule has 1 fully saturated rings. The van der Waals surface area contributed by atoms with Crippen LogP contribution in [0.25, 0.3) is 5.53 Å². The average Bonchev–Trinajstić information content (AvgIpc) is 2.64. The fourth-order valence-corrected chi connectivity index (χ4v) is 3.04. The Morgan fingerprint density at radius 2 is 1.79 bits per heavy atom. The van der Waals surface area contributed by atoms with Crippen LogP contribution in [-0.2, 0) is 33.7 Å². The van der Waals surface area contributed by atoms with E-state index in [4.69, 9.17) is 25.8 Å². The van der Waals surface area contributed by atoms with Gasteiger partial charge in [-0.3, -0.25) is 0 Å². The molecule has 0 radical (unpaired) electrons. The molecule has 28 heavy (non-hydrogen) atoms. The summed E-state index contributed by atoms with van der Waals surface area (Å²) in [5, 5.41) is 0.323. The quantitative estimate of drug-likeness (QED) is 0.148. The van der Waals surface area contributed by atoms with Crippen LogP contribution in [0.3, 0.4) is 0 Å². The summed E-state index contributed by atoms with van der Waals surface area (Å²) in [6.07, 6.45) is 5.42. The summed E-state index contributed by atoms with van der Waals surface area (Å²) in [5.41, 5.74) is 10.7. The van der Waals surface area contributed by atoms with Gasteiger partial charge in [-0.15, -0.1) is 0 Å². The Balaban J connectivity index is 0. The molecule has 2 aliphatic rings. The zero-order chi connectivity index (χ0) is 18.1. The summed E-state index contributed by atoms with van der Waals surface area (Å²) >= 11 is 6.53. The number of morpholine rings is 1. The predicted octanol–water partition coefficient (Wildman–Crippen LogP) is -2.66. The van der Waals surface area contributed by atoms with E-state index in [-0.39, 0.29) is 44.3 Å². The summed E-state index contributed by atoms with van der Waals surface area (Å²) in [5.74, 6) is 0.570. The third kappa shape index (κ3) is 8.32. The minimum absolute atomic E-state index is 0. The van der Waals surface area contributed by atoms with Crippen molar-refractivity contribution >= 4 is 17.3 Å². The van der Waals surface area contributed by atoms with E-state index in [2.05, 4.69) is 23.5 Å². The molecule has 1 atom stereocenters. The van der Waals surface area contributed by atoms with Gasteiger partial charge in [0, 0.05) is 19.7 Å². The van der Waals surface area contributed by atoms with Gasteiger partial charge in [0.15, 0.2) is 16.9 Å². The van der Waals surface area contributed by atoms with Gasteiger partial charge >= 0.3 is 25.2 Å². The molecule has 0 saturated carbocycles. The van der Waals surface area contributed by atoms with Crippen molar-refractivity contribution in [2.24, 2.45) is 0 Å². The number of rotatable bonds is 9. The molecule has 1 saturated heterocycles. The van der Waals surface area contributed by atoms with Crippen LogP contribution < -0.4 is 24.8 Å². The van der Waals surface area contributed by atoms with Crippen molar-refractivity contribution in [2.75, 3.05) is 39.5 Å². The monoisotopic (exact) mass is 503 g/mol. The average molecular weight is 506 g/mol. The number of ether oxygens (including phenoxy) is 3. The van der Waals surface area contributed by atoms with Crippen molar-refractivity contribution in [3.63, 3.8) is 0 Å². The molecule has 1 heterocycles. The minimum atomic E-state index is -0.472. The van der Waals surface area contributed by atoms with Gasteiger partial charge in [0.1, 0.15) is 0 Å². The van der Waals surface area contributed by atoms with E-state index in [0.717, 1.165) is 44.5 Å². The summed E-state index contributed by atoms with van der Waals surface area (Å²) in [4.78, 5) is 5.57. The number of unbranched alkanes of at least 4 members (excludes halogenated alkanes) is 2. The van der Waals surface area contributed by atoms with E-state index >= 15 is 0 Å². The summed E-state index contributed by atoms with van der Waals surface area (Å²) < 4.78 is 17.3. The van der Waals surface area contributed by atoms with Crippen LogP contribution in [0.5, 0.6) is 0 Å². The third-order valence-electron chi connectivity index (χ3n) is 4.23. The second kappa shape index (κ2) is 16.6. The van der Waals surface area contributed by atoms with Crippen molar-refractivity contribution in [3.8, 4) is 0 Å². The second-order valence-electron chi connectivity index (χ2n) is 6.13. The smallest absolute Gasteiger partial charge is 1.00 e. The van der Waals surface area contributed by atoms with Crippen LogP contribution in [0.2, 0.25) is 0 Å². The summed E-state index contributed by atoms with van der Waals surface area (Å²) in [7, 11) is 0. The van der Waals surface area contributed by atoms with Crippen LogP contribution in [0.4, 0.5) is 0 Å². The zero-order valence-corrected chi connectivity index (χ0v) is 21.9. The standard InChI is InChI=1S/C18H28ClN3O3.2ClH.Zn/c1-3-5-9-24-15-13-14(22-7-11-23-12-8-22)18(25-10-6-4-2)16(19)17(15)21-20;;;/h13,15H,3-12H2,1-2H3;2*1H;/q;;;+2/p-2. The molecule has 2 rings (SSSR count). The summed E-state index contributed by atoms with van der Waals surface area (Å²) in [6.45, 7) is 8.24. The van der Waals surface area contributed by atoms with Gasteiger partial charge in [-0.2, -0.15) is 4.79 Å².